The summed E-state index contributed by atoms with van der Waals surface area (Å²) >= 11 is 0. The summed E-state index contributed by atoms with van der Waals surface area (Å²) in [6.07, 6.45) is 6.43. The maximum Gasteiger partial charge on any atom is 0.254 e. The number of carbonyl (C=O) groups is 1. The fourth-order valence-corrected chi connectivity index (χ4v) is 4.04. The summed E-state index contributed by atoms with van der Waals surface area (Å²) in [4.78, 5) is 18.9. The number of amides is 1. The van der Waals surface area contributed by atoms with Crippen molar-refractivity contribution in [2.45, 2.75) is 18.9 Å². The van der Waals surface area contributed by atoms with Crippen LogP contribution in [-0.4, -0.2) is 54.6 Å². The normalized spacial score (nSPS) is 15.4. The Balaban J connectivity index is 1.78. The lowest BCUT2D eigenvalue weighted by Crippen LogP contribution is -2.36. The molecule has 0 aliphatic carbocycles. The molecule has 0 saturated carbocycles. The third kappa shape index (κ3) is 2.90. The van der Waals surface area contributed by atoms with Gasteiger partial charge in [-0.3, -0.25) is 9.48 Å². The Morgan fingerprint density at radius 3 is 2.79 bits per heavy atom. The van der Waals surface area contributed by atoms with Crippen molar-refractivity contribution in [2.75, 3.05) is 18.0 Å². The number of aromatic nitrogens is 5. The van der Waals surface area contributed by atoms with Crippen molar-refractivity contribution >= 4 is 28.1 Å². The first-order valence-electron chi connectivity index (χ1n) is 9.55. The first-order valence-corrected chi connectivity index (χ1v) is 9.55. The van der Waals surface area contributed by atoms with E-state index in [-0.39, 0.29) is 6.10 Å². The van der Waals surface area contributed by atoms with Gasteiger partial charge < -0.3 is 15.7 Å². The molecule has 1 fully saturated rings. The summed E-state index contributed by atoms with van der Waals surface area (Å²) in [6, 6.07) is 5.77. The first kappa shape index (κ1) is 17.6. The maximum atomic E-state index is 12.3. The zero-order valence-corrected chi connectivity index (χ0v) is 16.0. The van der Waals surface area contributed by atoms with Crippen LogP contribution in [0.2, 0.25) is 0 Å². The van der Waals surface area contributed by atoms with Crippen molar-refractivity contribution in [2.24, 2.45) is 12.8 Å². The molecule has 3 aromatic heterocycles. The summed E-state index contributed by atoms with van der Waals surface area (Å²) in [5.41, 5.74) is 9.48. The molecule has 0 atom stereocenters. The van der Waals surface area contributed by atoms with Crippen LogP contribution in [0.4, 0.5) is 5.69 Å². The molecule has 1 aliphatic heterocycles. The summed E-state index contributed by atoms with van der Waals surface area (Å²) in [7, 11) is 1.88. The third-order valence-electron chi connectivity index (χ3n) is 5.44. The molecule has 1 saturated heterocycles. The lowest BCUT2D eigenvalue weighted by atomic mass is 10.00. The number of aliphatic hydroxyl groups is 1. The van der Waals surface area contributed by atoms with Crippen molar-refractivity contribution in [3.05, 3.63) is 42.4 Å². The number of anilines is 1. The highest BCUT2D eigenvalue weighted by Crippen LogP contribution is 2.37. The Morgan fingerprint density at radius 2 is 2.03 bits per heavy atom. The Kier molecular flexibility index (Phi) is 3.99. The highest BCUT2D eigenvalue weighted by Gasteiger charge is 2.26. The van der Waals surface area contributed by atoms with Gasteiger partial charge in [0.2, 0.25) is 0 Å². The topological polar surface area (TPSA) is 115 Å². The van der Waals surface area contributed by atoms with E-state index in [9.17, 15) is 9.90 Å². The van der Waals surface area contributed by atoms with Gasteiger partial charge in [-0.2, -0.15) is 10.2 Å². The standard InChI is InChI=1S/C20H21N7O2/c1-25-11-12-9-16(26-7-3-13(28)4-8-26)14(10-15(12)23-25)18-17(19(21)29)20-22-5-2-6-27(20)24-18/h2,5-6,9-11,13,28H,3-4,7-8H2,1H3,(H2,21,29). The molecular weight excluding hydrogens is 370 g/mol. The molecule has 5 rings (SSSR count). The zero-order valence-electron chi connectivity index (χ0n) is 16.0. The lowest BCUT2D eigenvalue weighted by Gasteiger charge is -2.32. The van der Waals surface area contributed by atoms with E-state index in [4.69, 9.17) is 5.73 Å². The van der Waals surface area contributed by atoms with Gasteiger partial charge in [0.25, 0.3) is 5.91 Å². The molecule has 0 spiro atoms. The minimum Gasteiger partial charge on any atom is -0.393 e. The molecule has 148 valence electrons. The summed E-state index contributed by atoms with van der Waals surface area (Å²) in [5, 5.41) is 20.1. The number of piperidine rings is 1. The molecular formula is C20H21N7O2. The number of nitrogens with zero attached hydrogens (tertiary/aromatic N) is 6. The predicted octanol–water partition coefficient (Wildman–Crippen LogP) is 1.34. The number of fused-ring (bicyclic) bond motifs is 2. The van der Waals surface area contributed by atoms with Crippen LogP contribution in [0.25, 0.3) is 27.8 Å². The number of rotatable bonds is 3. The van der Waals surface area contributed by atoms with Crippen LogP contribution in [0, 0.1) is 0 Å². The van der Waals surface area contributed by atoms with Gasteiger partial charge in [0, 0.05) is 55.4 Å². The van der Waals surface area contributed by atoms with E-state index in [1.165, 1.54) is 0 Å². The van der Waals surface area contributed by atoms with Gasteiger partial charge in [-0.05, 0) is 31.0 Å². The van der Waals surface area contributed by atoms with E-state index in [1.54, 1.807) is 27.7 Å². The number of primary amides is 1. The highest BCUT2D eigenvalue weighted by molar-refractivity contribution is 6.07. The van der Waals surface area contributed by atoms with Crippen LogP contribution in [0.15, 0.2) is 36.8 Å². The quantitative estimate of drug-likeness (QED) is 0.545. The van der Waals surface area contributed by atoms with Gasteiger partial charge in [0.05, 0.1) is 11.6 Å². The molecule has 0 radical (unpaired) electrons. The molecule has 29 heavy (non-hydrogen) atoms. The van der Waals surface area contributed by atoms with Gasteiger partial charge in [-0.25, -0.2) is 9.50 Å². The summed E-state index contributed by atoms with van der Waals surface area (Å²) in [6.45, 7) is 1.44. The van der Waals surface area contributed by atoms with Crippen molar-refractivity contribution < 1.29 is 9.90 Å². The monoisotopic (exact) mass is 391 g/mol. The third-order valence-corrected chi connectivity index (χ3v) is 5.44. The second kappa shape index (κ2) is 6.56. The Bertz CT molecular complexity index is 1230. The average Bonchev–Trinajstić information content (AvgIpc) is 3.26. The minimum atomic E-state index is -0.574. The molecule has 1 aliphatic rings. The van der Waals surface area contributed by atoms with Gasteiger partial charge >= 0.3 is 0 Å². The van der Waals surface area contributed by atoms with Crippen LogP contribution in [0.5, 0.6) is 0 Å². The molecule has 0 bridgehead atoms. The van der Waals surface area contributed by atoms with E-state index < -0.39 is 5.91 Å². The van der Waals surface area contributed by atoms with E-state index in [0.29, 0.717) is 29.7 Å². The van der Waals surface area contributed by atoms with Crippen LogP contribution < -0.4 is 10.6 Å². The van der Waals surface area contributed by atoms with Crippen molar-refractivity contribution in [3.63, 3.8) is 0 Å². The van der Waals surface area contributed by atoms with Gasteiger partial charge in [0.1, 0.15) is 11.3 Å². The Morgan fingerprint density at radius 1 is 1.24 bits per heavy atom. The summed E-state index contributed by atoms with van der Waals surface area (Å²) < 4.78 is 3.33. The van der Waals surface area contributed by atoms with E-state index >= 15 is 0 Å². The molecule has 1 aromatic carbocycles. The second-order valence-electron chi connectivity index (χ2n) is 7.42. The number of nitrogens with two attached hydrogens (primary N) is 1. The van der Waals surface area contributed by atoms with Gasteiger partial charge in [-0.1, -0.05) is 0 Å². The van der Waals surface area contributed by atoms with Crippen molar-refractivity contribution in [1.29, 1.82) is 0 Å². The number of benzene rings is 1. The number of hydrogen-bond acceptors (Lipinski definition) is 6. The second-order valence-corrected chi connectivity index (χ2v) is 7.42. The molecule has 1 amide bonds. The molecule has 4 heterocycles. The molecule has 9 nitrogen and oxygen atoms in total. The fourth-order valence-electron chi connectivity index (χ4n) is 4.04. The fraction of sp³-hybridized carbons (Fsp3) is 0.300. The van der Waals surface area contributed by atoms with Crippen molar-refractivity contribution in [3.8, 4) is 11.3 Å². The van der Waals surface area contributed by atoms with Crippen LogP contribution in [-0.2, 0) is 7.05 Å². The maximum absolute atomic E-state index is 12.3. The SMILES string of the molecule is Cn1cc2cc(N3CCC(O)CC3)c(-c3nn4cccnc4c3C(N)=O)cc2n1. The highest BCUT2D eigenvalue weighted by atomic mass is 16.3. The Labute approximate surface area is 166 Å². The van der Waals surface area contributed by atoms with Crippen LogP contribution in [0.1, 0.15) is 23.2 Å². The van der Waals surface area contributed by atoms with E-state index in [1.807, 2.05) is 19.3 Å². The number of carbonyl (C=O) groups excluding carboxylic acids is 1. The average molecular weight is 391 g/mol. The molecule has 9 heteroatoms. The molecule has 3 N–H and O–H groups in total. The number of aliphatic hydroxyl groups excluding tert-OH is 1. The molecule has 4 aromatic rings. The number of hydrogen-bond donors (Lipinski definition) is 2. The van der Waals surface area contributed by atoms with E-state index in [2.05, 4.69) is 26.1 Å². The van der Waals surface area contributed by atoms with Gasteiger partial charge in [-0.15, -0.1) is 0 Å². The minimum absolute atomic E-state index is 0.280. The largest absolute Gasteiger partial charge is 0.393 e. The lowest BCUT2D eigenvalue weighted by molar-refractivity contribution is 0.100. The van der Waals surface area contributed by atoms with Crippen LogP contribution in [0.3, 0.4) is 0 Å². The predicted molar refractivity (Wildman–Crippen MR) is 109 cm³/mol. The van der Waals surface area contributed by atoms with Crippen LogP contribution >= 0.6 is 0 Å². The zero-order chi connectivity index (χ0) is 20.1. The van der Waals surface area contributed by atoms with Gasteiger partial charge in [0.15, 0.2) is 5.65 Å². The van der Waals surface area contributed by atoms with Crippen molar-refractivity contribution in [1.82, 2.24) is 24.4 Å². The van der Waals surface area contributed by atoms with E-state index in [0.717, 1.165) is 35.2 Å². The molecule has 0 unspecified atom stereocenters. The smallest absolute Gasteiger partial charge is 0.254 e. The Hall–Kier alpha value is -3.46. The summed E-state index contributed by atoms with van der Waals surface area (Å²) in [5.74, 6) is -0.574. The first-order chi connectivity index (χ1) is 14.0. The number of aryl methyl sites for hydroxylation is 1.